The Morgan fingerprint density at radius 3 is 1.68 bits per heavy atom. The number of hydrogen-bond acceptors (Lipinski definition) is 1. The van der Waals surface area contributed by atoms with Crippen LogP contribution in [0.25, 0.3) is 82.8 Å². The summed E-state index contributed by atoms with van der Waals surface area (Å²) in [6.45, 7) is 0. The number of benzene rings is 9. The van der Waals surface area contributed by atoms with E-state index in [1.165, 1.54) is 71.9 Å². The number of para-hydroxylation sites is 1. The highest BCUT2D eigenvalue weighted by Crippen LogP contribution is 2.57. The summed E-state index contributed by atoms with van der Waals surface area (Å²) in [7, 11) is 0. The number of rotatable bonds is 5. The van der Waals surface area contributed by atoms with Gasteiger partial charge in [-0.25, -0.2) is 0 Å². The molecular weight excluding hydrogens is 691 g/mol. The second-order valence-electron chi connectivity index (χ2n) is 15.2. The molecule has 57 heavy (non-hydrogen) atoms. The van der Waals surface area contributed by atoms with Crippen molar-refractivity contribution in [1.29, 1.82) is 0 Å². The van der Waals surface area contributed by atoms with Gasteiger partial charge in [0, 0.05) is 27.2 Å². The van der Waals surface area contributed by atoms with E-state index in [4.69, 9.17) is 4.42 Å². The molecule has 0 atom stereocenters. The van der Waals surface area contributed by atoms with Gasteiger partial charge in [-0.05, 0) is 104 Å². The third-order valence-corrected chi connectivity index (χ3v) is 12.3. The lowest BCUT2D eigenvalue weighted by molar-refractivity contribution is 0.666. The van der Waals surface area contributed by atoms with E-state index in [2.05, 4.69) is 217 Å². The summed E-state index contributed by atoms with van der Waals surface area (Å²) in [6, 6.07) is 77.3. The first kappa shape index (κ1) is 31.9. The maximum Gasteiger partial charge on any atom is 0.135 e. The largest absolute Gasteiger partial charge is 0.456 e. The molecule has 0 unspecified atom stereocenters. The van der Waals surface area contributed by atoms with Crippen molar-refractivity contribution in [3.05, 3.63) is 235 Å². The highest BCUT2D eigenvalue weighted by molar-refractivity contribution is 6.12. The summed E-state index contributed by atoms with van der Waals surface area (Å²) in [5.41, 5.74) is 17.2. The Morgan fingerprint density at radius 2 is 0.912 bits per heavy atom. The summed E-state index contributed by atoms with van der Waals surface area (Å²) >= 11 is 0. The molecule has 11 aromatic rings. The van der Waals surface area contributed by atoms with Crippen molar-refractivity contribution < 1.29 is 4.42 Å². The van der Waals surface area contributed by atoms with E-state index in [1.807, 2.05) is 0 Å². The first-order valence-corrected chi connectivity index (χ1v) is 19.7. The standard InChI is InChI=1S/C55H35NO/c1-4-14-36(15-5-1)37-24-28-42(29-25-37)56-51-23-13-11-21-44(51)45-30-26-39(33-52(45)56)38-27-31-53-47(32-38)48-34-46-43-20-10-12-22-49(43)55(40-16-6-2-7-17-40,41-18-8-3-9-19-41)50(46)35-54(48)57-53/h1-35H. The van der Waals surface area contributed by atoms with Crippen molar-refractivity contribution in [3.8, 4) is 39.1 Å². The van der Waals surface area contributed by atoms with Crippen molar-refractivity contribution in [2.24, 2.45) is 0 Å². The van der Waals surface area contributed by atoms with E-state index >= 15 is 0 Å². The van der Waals surface area contributed by atoms with Crippen LogP contribution < -0.4 is 0 Å². The van der Waals surface area contributed by atoms with Gasteiger partial charge in [-0.2, -0.15) is 0 Å². The lowest BCUT2D eigenvalue weighted by Gasteiger charge is -2.33. The first-order chi connectivity index (χ1) is 28.3. The minimum Gasteiger partial charge on any atom is -0.456 e. The molecule has 2 aromatic heterocycles. The van der Waals surface area contributed by atoms with Gasteiger partial charge in [0.05, 0.1) is 16.4 Å². The van der Waals surface area contributed by atoms with Crippen molar-refractivity contribution in [2.75, 3.05) is 0 Å². The lowest BCUT2D eigenvalue weighted by atomic mass is 9.67. The van der Waals surface area contributed by atoms with E-state index in [-0.39, 0.29) is 0 Å². The van der Waals surface area contributed by atoms with E-state index in [9.17, 15) is 0 Å². The third-order valence-electron chi connectivity index (χ3n) is 12.3. The quantitative estimate of drug-likeness (QED) is 0.173. The van der Waals surface area contributed by atoms with Crippen LogP contribution in [0.4, 0.5) is 0 Å². The van der Waals surface area contributed by atoms with Crippen LogP contribution in [-0.2, 0) is 5.41 Å². The summed E-state index contributed by atoms with van der Waals surface area (Å²) in [5.74, 6) is 0. The first-order valence-electron chi connectivity index (χ1n) is 19.7. The average molecular weight is 726 g/mol. The zero-order valence-corrected chi connectivity index (χ0v) is 31.1. The predicted molar refractivity (Wildman–Crippen MR) is 236 cm³/mol. The molecule has 0 saturated heterocycles. The smallest absolute Gasteiger partial charge is 0.135 e. The topological polar surface area (TPSA) is 18.1 Å². The fourth-order valence-corrected chi connectivity index (χ4v) is 9.75. The second kappa shape index (κ2) is 12.3. The van der Waals surface area contributed by atoms with Crippen LogP contribution in [-0.4, -0.2) is 4.57 Å². The molecule has 2 nitrogen and oxygen atoms in total. The van der Waals surface area contributed by atoms with E-state index in [0.717, 1.165) is 33.2 Å². The Kier molecular flexibility index (Phi) is 6.88. The monoisotopic (exact) mass is 725 g/mol. The van der Waals surface area contributed by atoms with Crippen molar-refractivity contribution in [1.82, 2.24) is 4.57 Å². The zero-order valence-electron chi connectivity index (χ0n) is 31.1. The van der Waals surface area contributed by atoms with Gasteiger partial charge in [-0.1, -0.05) is 164 Å². The Hall–Kier alpha value is -7.42. The van der Waals surface area contributed by atoms with Gasteiger partial charge in [0.1, 0.15) is 11.2 Å². The fraction of sp³-hybridized carbons (Fsp3) is 0.0182. The SMILES string of the molecule is c1ccc(-c2ccc(-n3c4ccccc4c4ccc(-c5ccc6oc7cc8c(cc7c6c5)-c5ccccc5C8(c5ccccc5)c5ccccc5)cc43)cc2)cc1. The highest BCUT2D eigenvalue weighted by atomic mass is 16.3. The Morgan fingerprint density at radius 1 is 0.333 bits per heavy atom. The molecule has 12 rings (SSSR count). The van der Waals surface area contributed by atoms with E-state index in [0.29, 0.717) is 0 Å². The number of hydrogen-bond donors (Lipinski definition) is 0. The molecule has 2 heterocycles. The molecule has 2 heteroatoms. The van der Waals surface area contributed by atoms with Crippen LogP contribution in [0.1, 0.15) is 22.3 Å². The molecule has 9 aromatic carbocycles. The molecule has 1 aliphatic rings. The van der Waals surface area contributed by atoms with Gasteiger partial charge in [0.25, 0.3) is 0 Å². The molecular formula is C55H35NO. The summed E-state index contributed by atoms with van der Waals surface area (Å²) in [4.78, 5) is 0. The molecule has 0 amide bonds. The van der Waals surface area contributed by atoms with E-state index < -0.39 is 5.41 Å². The van der Waals surface area contributed by atoms with E-state index in [1.54, 1.807) is 0 Å². The lowest BCUT2D eigenvalue weighted by Crippen LogP contribution is -2.28. The Labute approximate surface area is 330 Å². The molecule has 0 aliphatic heterocycles. The van der Waals surface area contributed by atoms with Gasteiger partial charge in [-0.15, -0.1) is 0 Å². The fourth-order valence-electron chi connectivity index (χ4n) is 9.75. The van der Waals surface area contributed by atoms with Crippen molar-refractivity contribution in [3.63, 3.8) is 0 Å². The maximum atomic E-state index is 6.76. The van der Waals surface area contributed by atoms with Crippen molar-refractivity contribution in [2.45, 2.75) is 5.41 Å². The summed E-state index contributed by atoms with van der Waals surface area (Å²) < 4.78 is 9.16. The minimum absolute atomic E-state index is 0.470. The number of nitrogens with zero attached hydrogens (tertiary/aromatic N) is 1. The van der Waals surface area contributed by atoms with Crippen LogP contribution in [0.5, 0.6) is 0 Å². The van der Waals surface area contributed by atoms with Crippen LogP contribution in [0, 0.1) is 0 Å². The van der Waals surface area contributed by atoms with Crippen LogP contribution >= 0.6 is 0 Å². The normalized spacial score (nSPS) is 13.1. The molecule has 0 bridgehead atoms. The third kappa shape index (κ3) is 4.65. The van der Waals surface area contributed by atoms with Gasteiger partial charge in [-0.3, -0.25) is 0 Å². The number of furan rings is 1. The molecule has 0 N–H and O–H groups in total. The second-order valence-corrected chi connectivity index (χ2v) is 15.2. The Bertz CT molecular complexity index is 3280. The predicted octanol–water partition coefficient (Wildman–Crippen LogP) is 14.4. The highest BCUT2D eigenvalue weighted by Gasteiger charge is 2.46. The summed E-state index contributed by atoms with van der Waals surface area (Å²) in [5, 5.41) is 4.74. The minimum atomic E-state index is -0.470. The van der Waals surface area contributed by atoms with Crippen LogP contribution in [0.15, 0.2) is 217 Å². The molecule has 266 valence electrons. The molecule has 0 spiro atoms. The molecule has 1 aliphatic carbocycles. The molecule has 0 radical (unpaired) electrons. The average Bonchev–Trinajstić information content (AvgIpc) is 3.92. The van der Waals surface area contributed by atoms with Gasteiger partial charge < -0.3 is 8.98 Å². The van der Waals surface area contributed by atoms with Crippen LogP contribution in [0.3, 0.4) is 0 Å². The van der Waals surface area contributed by atoms with Gasteiger partial charge >= 0.3 is 0 Å². The van der Waals surface area contributed by atoms with Crippen molar-refractivity contribution >= 4 is 43.7 Å². The number of fused-ring (bicyclic) bond motifs is 9. The molecule has 0 saturated carbocycles. The molecule has 0 fully saturated rings. The maximum absolute atomic E-state index is 6.76. The zero-order chi connectivity index (χ0) is 37.5. The Balaban J connectivity index is 1.03. The number of aromatic nitrogens is 1. The summed E-state index contributed by atoms with van der Waals surface area (Å²) in [6.07, 6.45) is 0. The van der Waals surface area contributed by atoms with Gasteiger partial charge in [0.2, 0.25) is 0 Å². The van der Waals surface area contributed by atoms with Gasteiger partial charge in [0.15, 0.2) is 0 Å². The van der Waals surface area contributed by atoms with Crippen LogP contribution in [0.2, 0.25) is 0 Å².